The Morgan fingerprint density at radius 2 is 1.96 bits per heavy atom. The number of hydrogen-bond donors (Lipinski definition) is 1. The molecule has 26 heavy (non-hydrogen) atoms. The number of ether oxygens (including phenoxy) is 1. The lowest BCUT2D eigenvalue weighted by Gasteiger charge is -2.02. The summed E-state index contributed by atoms with van der Waals surface area (Å²) in [5.41, 5.74) is 5.59. The van der Waals surface area contributed by atoms with E-state index in [-0.39, 0.29) is 0 Å². The second-order valence-electron chi connectivity index (χ2n) is 5.35. The van der Waals surface area contributed by atoms with Gasteiger partial charge in [0.2, 0.25) is 5.13 Å². The van der Waals surface area contributed by atoms with Crippen molar-refractivity contribution in [1.82, 2.24) is 25.2 Å². The van der Waals surface area contributed by atoms with Gasteiger partial charge in [0.1, 0.15) is 16.3 Å². The van der Waals surface area contributed by atoms with Gasteiger partial charge < -0.3 is 4.74 Å². The molecule has 0 aliphatic heterocycles. The molecule has 0 radical (unpaired) electrons. The zero-order valence-electron chi connectivity index (χ0n) is 13.9. The Labute approximate surface area is 153 Å². The van der Waals surface area contributed by atoms with Crippen molar-refractivity contribution < 1.29 is 4.74 Å². The molecule has 2 heterocycles. The van der Waals surface area contributed by atoms with Gasteiger partial charge >= 0.3 is 0 Å². The van der Waals surface area contributed by atoms with Crippen molar-refractivity contribution in [2.75, 3.05) is 12.5 Å². The maximum Gasteiger partial charge on any atom is 0.226 e. The summed E-state index contributed by atoms with van der Waals surface area (Å²) in [6.45, 7) is 0.510. The minimum absolute atomic E-state index is 0.510. The van der Waals surface area contributed by atoms with Gasteiger partial charge in [-0.3, -0.25) is 5.43 Å². The summed E-state index contributed by atoms with van der Waals surface area (Å²) in [6.07, 6.45) is 1.69. The van der Waals surface area contributed by atoms with Crippen LogP contribution in [0.5, 0.6) is 5.75 Å². The van der Waals surface area contributed by atoms with Crippen LogP contribution in [0.15, 0.2) is 53.6 Å². The van der Waals surface area contributed by atoms with Crippen molar-refractivity contribution in [1.29, 1.82) is 0 Å². The number of hydrogen-bond acceptors (Lipinski definition) is 8. The minimum atomic E-state index is 0.510. The van der Waals surface area contributed by atoms with Crippen molar-refractivity contribution in [3.8, 4) is 5.75 Å². The van der Waals surface area contributed by atoms with E-state index in [2.05, 4.69) is 31.0 Å². The van der Waals surface area contributed by atoms with E-state index in [9.17, 15) is 0 Å². The number of methoxy groups -OCH3 is 1. The molecule has 1 N–H and O–H groups in total. The Morgan fingerprint density at radius 3 is 2.88 bits per heavy atom. The molecule has 0 saturated carbocycles. The molecule has 9 heteroatoms. The number of nitrogens with one attached hydrogen (secondary N) is 1. The summed E-state index contributed by atoms with van der Waals surface area (Å²) in [5.74, 6) is 0.758. The Balaban J connectivity index is 1.44. The molecule has 0 aliphatic rings. The molecular formula is C17H15N7OS. The van der Waals surface area contributed by atoms with Crippen LogP contribution in [0.1, 0.15) is 10.6 Å². The number of rotatable bonds is 6. The number of fused-ring (bicyclic) bond motifs is 1. The van der Waals surface area contributed by atoms with Crippen LogP contribution in [0.25, 0.3) is 11.0 Å². The maximum atomic E-state index is 5.29. The van der Waals surface area contributed by atoms with Crippen LogP contribution in [0, 0.1) is 0 Å². The highest BCUT2D eigenvalue weighted by Gasteiger charge is 2.08. The second-order valence-corrected chi connectivity index (χ2v) is 6.41. The van der Waals surface area contributed by atoms with Gasteiger partial charge in [-0.25, -0.2) is 4.68 Å². The fraction of sp³-hybridized carbons (Fsp3) is 0.118. The number of benzene rings is 2. The predicted molar refractivity (Wildman–Crippen MR) is 101 cm³/mol. The summed E-state index contributed by atoms with van der Waals surface area (Å²) in [7, 11) is 1.63. The average molecular weight is 365 g/mol. The lowest BCUT2D eigenvalue weighted by Crippen LogP contribution is -2.01. The third kappa shape index (κ3) is 3.38. The molecule has 0 aliphatic carbocycles. The van der Waals surface area contributed by atoms with E-state index in [1.165, 1.54) is 11.3 Å². The van der Waals surface area contributed by atoms with E-state index in [1.807, 2.05) is 48.5 Å². The van der Waals surface area contributed by atoms with Gasteiger partial charge in [-0.05, 0) is 24.3 Å². The monoisotopic (exact) mass is 365 g/mol. The topological polar surface area (TPSA) is 90.1 Å². The molecule has 0 fully saturated rings. The first-order chi connectivity index (χ1) is 12.8. The Bertz CT molecular complexity index is 1060. The summed E-state index contributed by atoms with van der Waals surface area (Å²) in [4.78, 5) is 0. The largest absolute Gasteiger partial charge is 0.496 e. The molecule has 0 bridgehead atoms. The first-order valence-electron chi connectivity index (χ1n) is 7.86. The summed E-state index contributed by atoms with van der Waals surface area (Å²) in [6, 6.07) is 15.4. The van der Waals surface area contributed by atoms with Crippen LogP contribution in [-0.4, -0.2) is 38.5 Å². The lowest BCUT2D eigenvalue weighted by atomic mass is 10.2. The molecule has 2 aromatic carbocycles. The molecule has 2 aromatic heterocycles. The van der Waals surface area contributed by atoms with Crippen LogP contribution >= 0.6 is 11.3 Å². The second kappa shape index (κ2) is 7.28. The van der Waals surface area contributed by atoms with E-state index in [0.29, 0.717) is 11.7 Å². The number of aromatic nitrogens is 5. The first-order valence-corrected chi connectivity index (χ1v) is 8.68. The fourth-order valence-corrected chi connectivity index (χ4v) is 3.13. The van der Waals surface area contributed by atoms with E-state index < -0.39 is 0 Å². The van der Waals surface area contributed by atoms with Gasteiger partial charge in [-0.1, -0.05) is 40.8 Å². The normalized spacial score (nSPS) is 11.3. The third-order valence-electron chi connectivity index (χ3n) is 3.67. The molecule has 0 saturated heterocycles. The summed E-state index contributed by atoms with van der Waals surface area (Å²) < 4.78 is 7.09. The van der Waals surface area contributed by atoms with Gasteiger partial charge in [0.05, 0.1) is 25.4 Å². The number of anilines is 1. The highest BCUT2D eigenvalue weighted by Crippen LogP contribution is 2.19. The molecular weight excluding hydrogens is 350 g/mol. The molecule has 130 valence electrons. The SMILES string of the molecule is COc1ccccc1/C=N/Nc1nnc(Cn2nnc3ccccc32)s1. The van der Waals surface area contributed by atoms with Crippen LogP contribution in [0.2, 0.25) is 0 Å². The van der Waals surface area contributed by atoms with Crippen LogP contribution in [0.4, 0.5) is 5.13 Å². The third-order valence-corrected chi connectivity index (χ3v) is 4.49. The smallest absolute Gasteiger partial charge is 0.226 e. The minimum Gasteiger partial charge on any atom is -0.496 e. The number of para-hydroxylation sites is 2. The van der Waals surface area contributed by atoms with E-state index in [1.54, 1.807) is 18.0 Å². The lowest BCUT2D eigenvalue weighted by molar-refractivity contribution is 0.414. The standard InChI is InChI=1S/C17H15N7OS/c1-25-15-9-5-2-6-12(15)10-18-21-17-22-20-16(26-17)11-24-14-8-4-3-7-13(14)19-23-24/h2-10H,11H2,1H3,(H,21,22)/b18-10+. The molecule has 0 atom stereocenters. The molecule has 8 nitrogen and oxygen atoms in total. The van der Waals surface area contributed by atoms with Crippen LogP contribution in [0.3, 0.4) is 0 Å². The molecule has 0 unspecified atom stereocenters. The van der Waals surface area contributed by atoms with Crippen molar-refractivity contribution in [3.05, 3.63) is 59.1 Å². The van der Waals surface area contributed by atoms with Gasteiger partial charge in [0.25, 0.3) is 0 Å². The highest BCUT2D eigenvalue weighted by atomic mass is 32.1. The molecule has 0 amide bonds. The summed E-state index contributed by atoms with van der Waals surface area (Å²) in [5, 5.41) is 22.2. The van der Waals surface area contributed by atoms with Gasteiger partial charge in [-0.2, -0.15) is 5.10 Å². The van der Waals surface area contributed by atoms with Gasteiger partial charge in [0, 0.05) is 5.56 Å². The Hall–Kier alpha value is -3.33. The van der Waals surface area contributed by atoms with Crippen molar-refractivity contribution in [2.24, 2.45) is 5.10 Å². The van der Waals surface area contributed by atoms with E-state index >= 15 is 0 Å². The molecule has 0 spiro atoms. The Kier molecular flexibility index (Phi) is 4.52. The Morgan fingerprint density at radius 1 is 1.12 bits per heavy atom. The zero-order chi connectivity index (χ0) is 17.8. The van der Waals surface area contributed by atoms with Crippen molar-refractivity contribution in [2.45, 2.75) is 6.54 Å². The van der Waals surface area contributed by atoms with Gasteiger partial charge in [-0.15, -0.1) is 15.3 Å². The number of hydrazone groups is 1. The van der Waals surface area contributed by atoms with Crippen molar-refractivity contribution in [3.63, 3.8) is 0 Å². The highest BCUT2D eigenvalue weighted by molar-refractivity contribution is 7.15. The predicted octanol–water partition coefficient (Wildman–Crippen LogP) is 2.79. The molecule has 4 aromatic rings. The van der Waals surface area contributed by atoms with Crippen LogP contribution < -0.4 is 10.2 Å². The first kappa shape index (κ1) is 16.2. The maximum absolute atomic E-state index is 5.29. The summed E-state index contributed by atoms with van der Waals surface area (Å²) >= 11 is 1.42. The van der Waals surface area contributed by atoms with E-state index in [0.717, 1.165) is 27.4 Å². The molecule has 4 rings (SSSR count). The van der Waals surface area contributed by atoms with E-state index in [4.69, 9.17) is 4.74 Å². The average Bonchev–Trinajstić information content (AvgIpc) is 3.30. The van der Waals surface area contributed by atoms with Gasteiger partial charge in [0.15, 0.2) is 0 Å². The quantitative estimate of drug-likeness (QED) is 0.417. The van der Waals surface area contributed by atoms with Crippen molar-refractivity contribution >= 4 is 33.7 Å². The number of nitrogens with zero attached hydrogens (tertiary/aromatic N) is 6. The zero-order valence-corrected chi connectivity index (χ0v) is 14.7. The van der Waals surface area contributed by atoms with Crippen LogP contribution in [-0.2, 0) is 6.54 Å². The fourth-order valence-electron chi connectivity index (χ4n) is 2.46.